The van der Waals surface area contributed by atoms with Crippen LogP contribution in [0.25, 0.3) is 0 Å². The molecule has 0 aromatic heterocycles. The van der Waals surface area contributed by atoms with Gasteiger partial charge in [-0.1, -0.05) is 17.7 Å². The molecular weight excluding hydrogens is 192 g/mol. The van der Waals surface area contributed by atoms with Gasteiger partial charge in [0.1, 0.15) is 0 Å². The second-order valence-electron chi connectivity index (χ2n) is 3.34. The molecule has 0 unspecified atom stereocenters. The van der Waals surface area contributed by atoms with Gasteiger partial charge in [-0.3, -0.25) is 9.59 Å². The Morgan fingerprint density at radius 1 is 1.27 bits per heavy atom. The first-order chi connectivity index (χ1) is 7.09. The van der Waals surface area contributed by atoms with Crippen molar-refractivity contribution >= 4 is 11.8 Å². The number of hydrogen-bond acceptors (Lipinski definition) is 2. The van der Waals surface area contributed by atoms with Crippen molar-refractivity contribution in [2.45, 2.75) is 13.3 Å². The zero-order valence-electron chi connectivity index (χ0n) is 8.62. The summed E-state index contributed by atoms with van der Waals surface area (Å²) >= 11 is 0. The molecule has 0 aliphatic rings. The molecule has 0 spiro atoms. The normalized spacial score (nSPS) is 9.67. The summed E-state index contributed by atoms with van der Waals surface area (Å²) in [4.78, 5) is 21.9. The van der Waals surface area contributed by atoms with Gasteiger partial charge in [0, 0.05) is 18.5 Å². The largest absolute Gasteiger partial charge is 0.370 e. The zero-order chi connectivity index (χ0) is 11.3. The van der Waals surface area contributed by atoms with Crippen LogP contribution < -0.4 is 11.1 Å². The number of benzene rings is 1. The van der Waals surface area contributed by atoms with E-state index >= 15 is 0 Å². The molecule has 1 aromatic rings. The number of rotatable bonds is 4. The van der Waals surface area contributed by atoms with Gasteiger partial charge < -0.3 is 11.1 Å². The van der Waals surface area contributed by atoms with Crippen LogP contribution in [0.3, 0.4) is 0 Å². The maximum Gasteiger partial charge on any atom is 0.251 e. The third-order valence-electron chi connectivity index (χ3n) is 1.97. The van der Waals surface area contributed by atoms with E-state index in [9.17, 15) is 9.59 Å². The van der Waals surface area contributed by atoms with Gasteiger partial charge in [-0.05, 0) is 19.1 Å². The maximum absolute atomic E-state index is 11.5. The highest BCUT2D eigenvalue weighted by Crippen LogP contribution is 2.02. The van der Waals surface area contributed by atoms with Crippen LogP contribution in [0.15, 0.2) is 24.3 Å². The van der Waals surface area contributed by atoms with Crippen LogP contribution in [0, 0.1) is 6.92 Å². The van der Waals surface area contributed by atoms with E-state index in [-0.39, 0.29) is 18.9 Å². The molecule has 1 rings (SSSR count). The number of nitrogens with one attached hydrogen (secondary N) is 1. The van der Waals surface area contributed by atoms with E-state index in [1.807, 2.05) is 19.1 Å². The van der Waals surface area contributed by atoms with Gasteiger partial charge in [0.15, 0.2) is 0 Å². The number of aryl methyl sites for hydroxylation is 1. The van der Waals surface area contributed by atoms with Crippen LogP contribution in [0.5, 0.6) is 0 Å². The monoisotopic (exact) mass is 206 g/mol. The van der Waals surface area contributed by atoms with Crippen LogP contribution >= 0.6 is 0 Å². The fourth-order valence-corrected chi connectivity index (χ4v) is 1.11. The van der Waals surface area contributed by atoms with Gasteiger partial charge >= 0.3 is 0 Å². The van der Waals surface area contributed by atoms with Crippen molar-refractivity contribution in [3.63, 3.8) is 0 Å². The highest BCUT2D eigenvalue weighted by atomic mass is 16.2. The minimum Gasteiger partial charge on any atom is -0.370 e. The summed E-state index contributed by atoms with van der Waals surface area (Å²) in [6, 6.07) is 7.22. The molecule has 0 saturated carbocycles. The van der Waals surface area contributed by atoms with Crippen molar-refractivity contribution in [3.05, 3.63) is 35.4 Å². The number of hydrogen-bond donors (Lipinski definition) is 2. The van der Waals surface area contributed by atoms with Gasteiger partial charge in [0.2, 0.25) is 5.91 Å². The smallest absolute Gasteiger partial charge is 0.251 e. The number of carbonyl (C=O) groups excluding carboxylic acids is 2. The Morgan fingerprint density at radius 3 is 2.40 bits per heavy atom. The topological polar surface area (TPSA) is 72.2 Å². The molecule has 0 atom stereocenters. The van der Waals surface area contributed by atoms with E-state index < -0.39 is 5.91 Å². The first kappa shape index (κ1) is 11.2. The van der Waals surface area contributed by atoms with Crippen molar-refractivity contribution in [3.8, 4) is 0 Å². The van der Waals surface area contributed by atoms with Crippen LogP contribution in [-0.2, 0) is 4.79 Å². The molecule has 0 fully saturated rings. The lowest BCUT2D eigenvalue weighted by molar-refractivity contribution is -0.117. The predicted molar refractivity (Wildman–Crippen MR) is 57.3 cm³/mol. The van der Waals surface area contributed by atoms with Crippen LogP contribution in [0.1, 0.15) is 22.3 Å². The zero-order valence-corrected chi connectivity index (χ0v) is 8.62. The second-order valence-corrected chi connectivity index (χ2v) is 3.34. The van der Waals surface area contributed by atoms with E-state index in [2.05, 4.69) is 5.32 Å². The summed E-state index contributed by atoms with van der Waals surface area (Å²) in [7, 11) is 0. The summed E-state index contributed by atoms with van der Waals surface area (Å²) in [6.45, 7) is 2.23. The lowest BCUT2D eigenvalue weighted by Crippen LogP contribution is -2.27. The molecule has 15 heavy (non-hydrogen) atoms. The van der Waals surface area contributed by atoms with E-state index in [0.717, 1.165) is 5.56 Å². The van der Waals surface area contributed by atoms with Crippen molar-refractivity contribution in [1.82, 2.24) is 5.32 Å². The first-order valence-corrected chi connectivity index (χ1v) is 4.73. The van der Waals surface area contributed by atoms with Gasteiger partial charge in [-0.2, -0.15) is 0 Å². The highest BCUT2D eigenvalue weighted by Gasteiger charge is 2.04. The molecule has 0 heterocycles. The van der Waals surface area contributed by atoms with E-state index in [4.69, 9.17) is 5.73 Å². The van der Waals surface area contributed by atoms with Crippen molar-refractivity contribution in [1.29, 1.82) is 0 Å². The average Bonchev–Trinajstić information content (AvgIpc) is 2.18. The summed E-state index contributed by atoms with van der Waals surface area (Å²) in [5.74, 6) is -0.601. The van der Waals surface area contributed by atoms with Crippen LogP contribution in [0.2, 0.25) is 0 Å². The summed E-state index contributed by atoms with van der Waals surface area (Å²) in [5.41, 5.74) is 6.64. The molecular formula is C11H14N2O2. The van der Waals surface area contributed by atoms with Crippen LogP contribution in [0.4, 0.5) is 0 Å². The Hall–Kier alpha value is -1.84. The van der Waals surface area contributed by atoms with E-state index in [0.29, 0.717) is 5.56 Å². The first-order valence-electron chi connectivity index (χ1n) is 4.73. The Morgan fingerprint density at radius 2 is 1.87 bits per heavy atom. The minimum atomic E-state index is -0.417. The third kappa shape index (κ3) is 3.81. The lowest BCUT2D eigenvalue weighted by Gasteiger charge is -2.03. The lowest BCUT2D eigenvalue weighted by atomic mass is 10.1. The number of nitrogens with two attached hydrogens (primary N) is 1. The predicted octanol–water partition coefficient (Wildman–Crippen LogP) is 0.600. The van der Waals surface area contributed by atoms with Crippen molar-refractivity contribution < 1.29 is 9.59 Å². The van der Waals surface area contributed by atoms with Gasteiger partial charge in [0.05, 0.1) is 0 Å². The number of amides is 2. The Bertz CT molecular complexity index is 357. The Kier molecular flexibility index (Phi) is 3.85. The van der Waals surface area contributed by atoms with E-state index in [1.165, 1.54) is 0 Å². The molecule has 0 radical (unpaired) electrons. The molecule has 0 bridgehead atoms. The summed E-state index contributed by atoms with van der Waals surface area (Å²) in [6.07, 6.45) is 0.164. The van der Waals surface area contributed by atoms with Crippen molar-refractivity contribution in [2.75, 3.05) is 6.54 Å². The van der Waals surface area contributed by atoms with Gasteiger partial charge in [0.25, 0.3) is 5.91 Å². The molecule has 3 N–H and O–H groups in total. The fraction of sp³-hybridized carbons (Fsp3) is 0.273. The third-order valence-corrected chi connectivity index (χ3v) is 1.97. The Balaban J connectivity index is 2.47. The Labute approximate surface area is 88.5 Å². The maximum atomic E-state index is 11.5. The molecule has 80 valence electrons. The molecule has 4 heteroatoms. The van der Waals surface area contributed by atoms with Gasteiger partial charge in [-0.25, -0.2) is 0 Å². The summed E-state index contributed by atoms with van der Waals surface area (Å²) < 4.78 is 0. The minimum absolute atomic E-state index is 0.164. The van der Waals surface area contributed by atoms with Gasteiger partial charge in [-0.15, -0.1) is 0 Å². The number of carbonyl (C=O) groups is 2. The number of primary amides is 1. The van der Waals surface area contributed by atoms with E-state index in [1.54, 1.807) is 12.1 Å². The molecule has 4 nitrogen and oxygen atoms in total. The second kappa shape index (κ2) is 5.14. The molecule has 2 amide bonds. The highest BCUT2D eigenvalue weighted by molar-refractivity contribution is 5.94. The molecule has 0 saturated heterocycles. The molecule has 0 aliphatic heterocycles. The quantitative estimate of drug-likeness (QED) is 0.757. The molecule has 1 aromatic carbocycles. The van der Waals surface area contributed by atoms with Crippen LogP contribution in [-0.4, -0.2) is 18.4 Å². The summed E-state index contributed by atoms with van der Waals surface area (Å²) in [5, 5.41) is 2.61. The standard InChI is InChI=1S/C11H14N2O2/c1-8-2-4-9(5-3-8)11(15)13-7-6-10(12)14/h2-5H,6-7H2,1H3,(H2,12,14)(H,13,15). The average molecular weight is 206 g/mol. The molecule has 0 aliphatic carbocycles. The van der Waals surface area contributed by atoms with Crippen molar-refractivity contribution in [2.24, 2.45) is 5.73 Å². The SMILES string of the molecule is Cc1ccc(C(=O)NCCC(N)=O)cc1. The fourth-order valence-electron chi connectivity index (χ4n) is 1.11.